The largest absolute Gasteiger partial charge is 0.453 e. The van der Waals surface area contributed by atoms with Crippen molar-refractivity contribution in [3.05, 3.63) is 100 Å². The smallest absolute Gasteiger partial charge is 0.301 e. The Morgan fingerprint density at radius 3 is 2.38 bits per heavy atom. The van der Waals surface area contributed by atoms with E-state index < -0.39 is 51.0 Å². The van der Waals surface area contributed by atoms with E-state index >= 15 is 4.39 Å². The Kier molecular flexibility index (Phi) is 11.9. The van der Waals surface area contributed by atoms with E-state index in [0.29, 0.717) is 47.0 Å². The standard InChI is InChI=1S/C49H50F2N12O7S/c50-32-11-16-61(26-32)71(68,69)57-41-6-4-39(51)44(38(41)21-52)70-35-2-5-40-37(20-35)47(67)63(29-55-40)34-22-53-48(54-23-34)60-14-9-30(10-15-60)24-58-27-49(28-58)12-17-59(18-13-49)33-1-3-36-31(19-33)25-62(46(36)66)42-7-8-43(64)56-45(42)65/h1-6,19-20,22-23,29-30,32,42,57H,7-18,24-28H2,(H,56,64,65)/t32-,42?/m1/s1. The third-order valence-electron chi connectivity index (χ3n) is 15.0. The number of carbonyl (C=O) groups excluding carboxylic acids is 3. The van der Waals surface area contributed by atoms with Gasteiger partial charge in [0.15, 0.2) is 11.6 Å². The van der Waals surface area contributed by atoms with E-state index in [2.05, 4.69) is 45.8 Å². The van der Waals surface area contributed by atoms with E-state index in [1.165, 1.54) is 29.1 Å². The number of piperidine rings is 3. The lowest BCUT2D eigenvalue weighted by atomic mass is 9.71. The second kappa shape index (κ2) is 18.3. The minimum Gasteiger partial charge on any atom is -0.453 e. The molecule has 3 amide bonds. The number of rotatable bonds is 11. The molecule has 6 aliphatic heterocycles. The van der Waals surface area contributed by atoms with Crippen LogP contribution in [0.2, 0.25) is 0 Å². The van der Waals surface area contributed by atoms with Crippen molar-refractivity contribution in [1.29, 1.82) is 5.26 Å². The molecule has 19 nitrogen and oxygen atoms in total. The Morgan fingerprint density at radius 1 is 0.887 bits per heavy atom. The van der Waals surface area contributed by atoms with Crippen LogP contribution in [0.3, 0.4) is 0 Å². The van der Waals surface area contributed by atoms with Crippen molar-refractivity contribution >= 4 is 56.2 Å². The molecule has 3 aromatic carbocycles. The van der Waals surface area contributed by atoms with Crippen molar-refractivity contribution in [2.45, 2.75) is 63.7 Å². The quantitative estimate of drug-likeness (QED) is 0.177. The number of anilines is 3. The van der Waals surface area contributed by atoms with Crippen LogP contribution in [0.1, 0.15) is 66.4 Å². The lowest BCUT2D eigenvalue weighted by molar-refractivity contribution is -0.136. The van der Waals surface area contributed by atoms with Gasteiger partial charge in [0.2, 0.25) is 17.8 Å². The monoisotopic (exact) mass is 988 g/mol. The number of alkyl halides is 1. The van der Waals surface area contributed by atoms with Crippen molar-refractivity contribution in [2.75, 3.05) is 73.4 Å². The molecule has 2 atom stereocenters. The Morgan fingerprint density at radius 2 is 1.66 bits per heavy atom. The lowest BCUT2D eigenvalue weighted by Gasteiger charge is -2.55. The molecule has 0 bridgehead atoms. The van der Waals surface area contributed by atoms with Crippen LogP contribution in [0, 0.1) is 28.5 Å². The van der Waals surface area contributed by atoms with Crippen LogP contribution in [-0.2, 0) is 26.3 Å². The molecule has 71 heavy (non-hydrogen) atoms. The van der Waals surface area contributed by atoms with Gasteiger partial charge in [-0.05, 0) is 104 Å². The van der Waals surface area contributed by atoms with Gasteiger partial charge >= 0.3 is 10.2 Å². The molecule has 22 heteroatoms. The number of fused-ring (bicyclic) bond motifs is 2. The maximum atomic E-state index is 15.2. The van der Waals surface area contributed by atoms with Gasteiger partial charge in [0.25, 0.3) is 11.5 Å². The molecule has 1 spiro atoms. The summed E-state index contributed by atoms with van der Waals surface area (Å²) in [5.74, 6) is -1.25. The maximum Gasteiger partial charge on any atom is 0.301 e. The molecular weight excluding hydrogens is 939 g/mol. The highest BCUT2D eigenvalue weighted by Gasteiger charge is 2.46. The zero-order valence-electron chi connectivity index (χ0n) is 38.6. The number of imide groups is 1. The van der Waals surface area contributed by atoms with E-state index in [1.807, 2.05) is 12.1 Å². The van der Waals surface area contributed by atoms with Crippen molar-refractivity contribution < 1.29 is 36.3 Å². The number of hydrogen-bond donors (Lipinski definition) is 2. The summed E-state index contributed by atoms with van der Waals surface area (Å²) < 4.78 is 65.1. The predicted octanol–water partition coefficient (Wildman–Crippen LogP) is 4.26. The summed E-state index contributed by atoms with van der Waals surface area (Å²) in [6, 6.07) is 13.5. The number of carbonyl (C=O) groups is 3. The second-order valence-corrected chi connectivity index (χ2v) is 21.2. The highest BCUT2D eigenvalue weighted by Crippen LogP contribution is 2.43. The summed E-state index contributed by atoms with van der Waals surface area (Å²) in [4.78, 5) is 73.6. The van der Waals surface area contributed by atoms with Crippen molar-refractivity contribution in [2.24, 2.45) is 11.3 Å². The molecule has 0 radical (unpaired) electrons. The molecule has 5 fully saturated rings. The zero-order chi connectivity index (χ0) is 49.2. The van der Waals surface area contributed by atoms with Crippen molar-refractivity contribution in [3.63, 3.8) is 0 Å². The molecule has 2 N–H and O–H groups in total. The summed E-state index contributed by atoms with van der Waals surface area (Å²) >= 11 is 0. The number of nitrogens with zero attached hydrogens (tertiary/aromatic N) is 10. The minimum atomic E-state index is -4.25. The number of likely N-dealkylation sites (tertiary alicyclic amines) is 1. The van der Waals surface area contributed by atoms with Gasteiger partial charge < -0.3 is 24.3 Å². The van der Waals surface area contributed by atoms with Crippen LogP contribution in [0.25, 0.3) is 16.6 Å². The topological polar surface area (TPSA) is 219 Å². The van der Waals surface area contributed by atoms with Crippen LogP contribution in [0.15, 0.2) is 72.0 Å². The van der Waals surface area contributed by atoms with Gasteiger partial charge in [0.1, 0.15) is 35.9 Å². The number of benzene rings is 3. The van der Waals surface area contributed by atoms with Gasteiger partial charge in [0.05, 0.1) is 34.7 Å². The SMILES string of the molecule is N#Cc1c(NS(=O)(=O)N2CC[C@@H](F)C2)ccc(F)c1Oc1ccc2ncn(-c3cnc(N4CCC(CN5CC6(CCN(c7ccc8c(c7)CN(C7CCC(=O)NC7=O)C8=O)CC6)C5)CC4)nc3)c(=O)c2c1. The van der Waals surface area contributed by atoms with Gasteiger partial charge in [0, 0.05) is 83.1 Å². The third-order valence-corrected chi connectivity index (χ3v) is 16.5. The number of halogens is 2. The van der Waals surface area contributed by atoms with Gasteiger partial charge in [-0.1, -0.05) is 0 Å². The Balaban J connectivity index is 0.667. The fourth-order valence-electron chi connectivity index (χ4n) is 11.1. The Hall–Kier alpha value is -7.09. The van der Waals surface area contributed by atoms with Gasteiger partial charge in [-0.15, -0.1) is 0 Å². The first-order valence-electron chi connectivity index (χ1n) is 23.9. The summed E-state index contributed by atoms with van der Waals surface area (Å²) in [6.07, 6.45) is 8.00. The summed E-state index contributed by atoms with van der Waals surface area (Å²) in [5.41, 5.74) is 2.51. The van der Waals surface area contributed by atoms with Crippen LogP contribution in [-0.4, -0.2) is 131 Å². The first kappa shape index (κ1) is 46.3. The summed E-state index contributed by atoms with van der Waals surface area (Å²) in [6.45, 7) is 6.72. The molecule has 0 aliphatic carbocycles. The molecule has 6 aliphatic rings. The molecule has 8 heterocycles. The number of nitrogens with one attached hydrogen (secondary N) is 2. The van der Waals surface area contributed by atoms with Crippen LogP contribution < -0.4 is 30.1 Å². The zero-order valence-corrected chi connectivity index (χ0v) is 39.4. The fraction of sp³-hybridized carbons (Fsp3) is 0.429. The van der Waals surface area contributed by atoms with Crippen LogP contribution in [0.4, 0.5) is 26.1 Å². The maximum absolute atomic E-state index is 15.2. The molecule has 5 aromatic rings. The fourth-order valence-corrected chi connectivity index (χ4v) is 12.3. The summed E-state index contributed by atoms with van der Waals surface area (Å²) in [7, 11) is -4.25. The Labute approximate surface area is 407 Å². The van der Waals surface area contributed by atoms with Crippen LogP contribution in [0.5, 0.6) is 11.5 Å². The normalized spacial score (nSPS) is 21.9. The predicted molar refractivity (Wildman–Crippen MR) is 255 cm³/mol. The molecule has 1 unspecified atom stereocenters. The lowest BCUT2D eigenvalue weighted by Crippen LogP contribution is -2.61. The average Bonchev–Trinajstić information content (AvgIpc) is 3.95. The van der Waals surface area contributed by atoms with Gasteiger partial charge in [-0.3, -0.25) is 33.8 Å². The van der Waals surface area contributed by atoms with E-state index in [-0.39, 0.29) is 54.6 Å². The number of aromatic nitrogens is 4. The third kappa shape index (κ3) is 8.90. The molecular formula is C49H50F2N12O7S. The van der Waals surface area contributed by atoms with Crippen molar-refractivity contribution in [3.8, 4) is 23.3 Å². The second-order valence-electron chi connectivity index (χ2n) is 19.5. The highest BCUT2D eigenvalue weighted by atomic mass is 32.2. The molecule has 0 saturated carbocycles. The first-order valence-corrected chi connectivity index (χ1v) is 25.3. The van der Waals surface area contributed by atoms with E-state index in [4.69, 9.17) is 4.74 Å². The first-order chi connectivity index (χ1) is 34.2. The van der Waals surface area contributed by atoms with Crippen molar-refractivity contribution in [1.82, 2.24) is 38.9 Å². The molecule has 5 saturated heterocycles. The minimum absolute atomic E-state index is 0.00853. The molecule has 2 aromatic heterocycles. The summed E-state index contributed by atoms with van der Waals surface area (Å²) in [5, 5.41) is 12.5. The number of amides is 3. The number of hydrogen-bond acceptors (Lipinski definition) is 14. The average molecular weight is 989 g/mol. The number of nitriles is 1. The number of ether oxygens (including phenoxy) is 1. The van der Waals surface area contributed by atoms with E-state index in [0.717, 1.165) is 99.2 Å². The van der Waals surface area contributed by atoms with E-state index in [1.54, 1.807) is 23.4 Å². The highest BCUT2D eigenvalue weighted by molar-refractivity contribution is 7.90. The van der Waals surface area contributed by atoms with Gasteiger partial charge in [-0.25, -0.2) is 23.7 Å². The van der Waals surface area contributed by atoms with Gasteiger partial charge in [-0.2, -0.15) is 18.0 Å². The molecule has 11 rings (SSSR count). The van der Waals surface area contributed by atoms with E-state index in [9.17, 15) is 37.2 Å². The Bertz CT molecular complexity index is 3180. The van der Waals surface area contributed by atoms with Crippen LogP contribution >= 0.6 is 0 Å². The molecule has 368 valence electrons.